The summed E-state index contributed by atoms with van der Waals surface area (Å²) in [5.74, 6) is 0.774. The number of hydrogen-bond donors (Lipinski definition) is 4. The second-order valence-corrected chi connectivity index (χ2v) is 7.09. The van der Waals surface area contributed by atoms with Crippen molar-refractivity contribution in [2.75, 3.05) is 0 Å². The van der Waals surface area contributed by atoms with Crippen LogP contribution in [-0.4, -0.2) is 16.3 Å². The third kappa shape index (κ3) is 5.75. The first-order valence-corrected chi connectivity index (χ1v) is 9.51. The van der Waals surface area contributed by atoms with Crippen molar-refractivity contribution in [2.24, 2.45) is 5.73 Å². The van der Waals surface area contributed by atoms with E-state index in [1.807, 2.05) is 50.2 Å². The van der Waals surface area contributed by atoms with E-state index in [0.717, 1.165) is 28.8 Å². The van der Waals surface area contributed by atoms with Crippen molar-refractivity contribution >= 4 is 0 Å². The van der Waals surface area contributed by atoms with Crippen LogP contribution in [-0.2, 0) is 13.1 Å². The van der Waals surface area contributed by atoms with Crippen molar-refractivity contribution in [1.82, 2.24) is 5.32 Å². The van der Waals surface area contributed by atoms with Gasteiger partial charge in [-0.3, -0.25) is 0 Å². The van der Waals surface area contributed by atoms with Gasteiger partial charge in [-0.15, -0.1) is 0 Å². The van der Waals surface area contributed by atoms with E-state index < -0.39 is 0 Å². The molecule has 0 aliphatic heterocycles. The SMILES string of the molecule is Cc1cccc(CN)c1O.Cc1cccc(CNC2CCCCC2)c1O. The number of para-hydroxylation sites is 2. The number of nitrogens with one attached hydrogen (secondary N) is 1. The van der Waals surface area contributed by atoms with Gasteiger partial charge < -0.3 is 21.3 Å². The number of benzene rings is 2. The van der Waals surface area contributed by atoms with Crippen LogP contribution in [0.15, 0.2) is 36.4 Å². The molecule has 1 aliphatic rings. The van der Waals surface area contributed by atoms with Crippen LogP contribution >= 0.6 is 0 Å². The normalized spacial score (nSPS) is 14.6. The fourth-order valence-electron chi connectivity index (χ4n) is 3.31. The second kappa shape index (κ2) is 10.2. The quantitative estimate of drug-likeness (QED) is 0.659. The summed E-state index contributed by atoms with van der Waals surface area (Å²) in [7, 11) is 0. The van der Waals surface area contributed by atoms with Crippen LogP contribution in [0.2, 0.25) is 0 Å². The van der Waals surface area contributed by atoms with Gasteiger partial charge in [0.2, 0.25) is 0 Å². The summed E-state index contributed by atoms with van der Waals surface area (Å²) in [4.78, 5) is 0. The van der Waals surface area contributed by atoms with Crippen molar-refractivity contribution < 1.29 is 10.2 Å². The Balaban J connectivity index is 0.000000209. The summed E-state index contributed by atoms with van der Waals surface area (Å²) in [6.07, 6.45) is 6.64. The van der Waals surface area contributed by atoms with Crippen LogP contribution in [0.5, 0.6) is 11.5 Å². The molecule has 26 heavy (non-hydrogen) atoms. The van der Waals surface area contributed by atoms with Crippen molar-refractivity contribution in [3.8, 4) is 11.5 Å². The van der Waals surface area contributed by atoms with E-state index in [9.17, 15) is 10.2 Å². The van der Waals surface area contributed by atoms with E-state index in [0.29, 0.717) is 24.1 Å². The Morgan fingerprint density at radius 2 is 1.42 bits per heavy atom. The monoisotopic (exact) mass is 356 g/mol. The van der Waals surface area contributed by atoms with Gasteiger partial charge in [-0.05, 0) is 37.8 Å². The fourth-order valence-corrected chi connectivity index (χ4v) is 3.31. The smallest absolute Gasteiger partial charge is 0.122 e. The van der Waals surface area contributed by atoms with E-state index in [4.69, 9.17) is 5.73 Å². The van der Waals surface area contributed by atoms with Crippen LogP contribution in [0.4, 0.5) is 0 Å². The van der Waals surface area contributed by atoms with Crippen LogP contribution < -0.4 is 11.1 Å². The maximum absolute atomic E-state index is 9.89. The van der Waals surface area contributed by atoms with Gasteiger partial charge in [0.25, 0.3) is 0 Å². The van der Waals surface area contributed by atoms with Crippen LogP contribution in [0.25, 0.3) is 0 Å². The van der Waals surface area contributed by atoms with Gasteiger partial charge in [-0.1, -0.05) is 55.7 Å². The molecule has 142 valence electrons. The summed E-state index contributed by atoms with van der Waals surface area (Å²) >= 11 is 0. The lowest BCUT2D eigenvalue weighted by Gasteiger charge is -2.23. The Morgan fingerprint density at radius 1 is 0.885 bits per heavy atom. The van der Waals surface area contributed by atoms with Gasteiger partial charge in [0.05, 0.1) is 0 Å². The number of phenols is 2. The summed E-state index contributed by atoms with van der Waals surface area (Å²) < 4.78 is 0. The predicted molar refractivity (Wildman–Crippen MR) is 107 cm³/mol. The highest BCUT2D eigenvalue weighted by molar-refractivity contribution is 5.39. The molecule has 0 radical (unpaired) electrons. The standard InChI is InChI=1S/C14H21NO.C8H11NO/c1-11-6-5-7-12(14(11)16)10-15-13-8-3-2-4-9-13;1-6-3-2-4-7(5-9)8(6)10/h5-7,13,15-16H,2-4,8-10H2,1H3;2-4,10H,5,9H2,1H3. The first-order valence-electron chi connectivity index (χ1n) is 9.51. The molecule has 4 nitrogen and oxygen atoms in total. The van der Waals surface area contributed by atoms with E-state index in [-0.39, 0.29) is 0 Å². The molecule has 4 heteroatoms. The van der Waals surface area contributed by atoms with Gasteiger partial charge >= 0.3 is 0 Å². The molecule has 0 bridgehead atoms. The molecule has 2 aromatic carbocycles. The van der Waals surface area contributed by atoms with E-state index >= 15 is 0 Å². The van der Waals surface area contributed by atoms with Gasteiger partial charge in [0, 0.05) is 30.3 Å². The summed E-state index contributed by atoms with van der Waals surface area (Å²) in [5.41, 5.74) is 9.02. The topological polar surface area (TPSA) is 78.5 Å². The zero-order chi connectivity index (χ0) is 18.9. The van der Waals surface area contributed by atoms with Gasteiger partial charge in [0.15, 0.2) is 0 Å². The summed E-state index contributed by atoms with van der Waals surface area (Å²) in [5, 5.41) is 22.8. The minimum atomic E-state index is 0.324. The number of rotatable bonds is 4. The molecule has 2 aromatic rings. The summed E-state index contributed by atoms with van der Waals surface area (Å²) in [6, 6.07) is 12.2. The highest BCUT2D eigenvalue weighted by Crippen LogP contribution is 2.23. The summed E-state index contributed by atoms with van der Waals surface area (Å²) in [6.45, 7) is 4.99. The van der Waals surface area contributed by atoms with Crippen molar-refractivity contribution in [3.63, 3.8) is 0 Å². The molecule has 0 aromatic heterocycles. The Bertz CT molecular complexity index is 695. The zero-order valence-electron chi connectivity index (χ0n) is 16.0. The molecule has 3 rings (SSSR count). The first kappa shape index (κ1) is 20.3. The predicted octanol–water partition coefficient (Wildman–Crippen LogP) is 4.28. The number of hydrogen-bond acceptors (Lipinski definition) is 4. The van der Waals surface area contributed by atoms with E-state index in [1.165, 1.54) is 32.1 Å². The highest BCUT2D eigenvalue weighted by atomic mass is 16.3. The molecular weight excluding hydrogens is 324 g/mol. The van der Waals surface area contributed by atoms with Gasteiger partial charge in [0.1, 0.15) is 11.5 Å². The Hall–Kier alpha value is -2.04. The Labute approximate surface area is 157 Å². The number of phenolic OH excluding ortho intramolecular Hbond substituents is 2. The number of nitrogens with two attached hydrogens (primary N) is 1. The minimum Gasteiger partial charge on any atom is -0.507 e. The molecular formula is C22H32N2O2. The molecule has 0 atom stereocenters. The number of aromatic hydroxyl groups is 2. The Morgan fingerprint density at radius 3 is 1.96 bits per heavy atom. The van der Waals surface area contributed by atoms with E-state index in [2.05, 4.69) is 5.32 Å². The molecule has 0 spiro atoms. The largest absolute Gasteiger partial charge is 0.507 e. The van der Waals surface area contributed by atoms with Crippen molar-refractivity contribution in [1.29, 1.82) is 0 Å². The third-order valence-electron chi connectivity index (χ3n) is 5.05. The molecule has 1 fully saturated rings. The molecule has 0 heterocycles. The van der Waals surface area contributed by atoms with E-state index in [1.54, 1.807) is 0 Å². The lowest BCUT2D eigenvalue weighted by atomic mass is 9.95. The molecule has 1 saturated carbocycles. The fraction of sp³-hybridized carbons (Fsp3) is 0.455. The van der Waals surface area contributed by atoms with Crippen LogP contribution in [0, 0.1) is 13.8 Å². The molecule has 0 amide bonds. The molecule has 5 N–H and O–H groups in total. The lowest BCUT2D eigenvalue weighted by Crippen LogP contribution is -2.30. The van der Waals surface area contributed by atoms with Crippen LogP contribution in [0.3, 0.4) is 0 Å². The van der Waals surface area contributed by atoms with Gasteiger partial charge in [-0.2, -0.15) is 0 Å². The molecule has 1 aliphatic carbocycles. The van der Waals surface area contributed by atoms with Crippen molar-refractivity contribution in [3.05, 3.63) is 58.7 Å². The number of aryl methyl sites for hydroxylation is 2. The average Bonchev–Trinajstić information content (AvgIpc) is 2.66. The van der Waals surface area contributed by atoms with Gasteiger partial charge in [-0.25, -0.2) is 0 Å². The zero-order valence-corrected chi connectivity index (χ0v) is 16.0. The van der Waals surface area contributed by atoms with Crippen LogP contribution in [0.1, 0.15) is 54.4 Å². The third-order valence-corrected chi connectivity index (χ3v) is 5.05. The molecule has 0 saturated heterocycles. The average molecular weight is 357 g/mol. The lowest BCUT2D eigenvalue weighted by molar-refractivity contribution is 0.368. The van der Waals surface area contributed by atoms with Crippen molar-refractivity contribution in [2.45, 2.75) is 65.1 Å². The second-order valence-electron chi connectivity index (χ2n) is 7.09. The maximum atomic E-state index is 9.89. The first-order chi connectivity index (χ1) is 12.5. The molecule has 0 unspecified atom stereocenters. The Kier molecular flexibility index (Phi) is 7.95. The minimum absolute atomic E-state index is 0.324. The maximum Gasteiger partial charge on any atom is 0.122 e. The highest BCUT2D eigenvalue weighted by Gasteiger charge is 2.13.